The Kier molecular flexibility index (Phi) is 4.55. The summed E-state index contributed by atoms with van der Waals surface area (Å²) in [7, 11) is 1.55. The first-order chi connectivity index (χ1) is 13.5. The molecule has 0 spiro atoms. The minimum absolute atomic E-state index is 0.0737. The minimum atomic E-state index is -4.53. The molecule has 4 rings (SSSR count). The molecule has 2 aliphatic rings. The van der Waals surface area contributed by atoms with Crippen LogP contribution in [0.1, 0.15) is 45.7 Å². The summed E-state index contributed by atoms with van der Waals surface area (Å²) < 4.78 is 46.0. The molecule has 1 saturated heterocycles. The van der Waals surface area contributed by atoms with Crippen molar-refractivity contribution < 1.29 is 17.9 Å². The predicted octanol–water partition coefficient (Wildman–Crippen LogP) is 5.58. The third kappa shape index (κ3) is 3.91. The van der Waals surface area contributed by atoms with Crippen LogP contribution in [0.15, 0.2) is 30.3 Å². The molecule has 0 unspecified atom stereocenters. The van der Waals surface area contributed by atoms with Gasteiger partial charge in [0.15, 0.2) is 5.69 Å². The van der Waals surface area contributed by atoms with Crippen molar-refractivity contribution in [2.45, 2.75) is 52.3 Å². The lowest BCUT2D eigenvalue weighted by atomic mass is 9.65. The average molecular weight is 405 g/mol. The Balaban J connectivity index is 1.77. The van der Waals surface area contributed by atoms with E-state index in [1.54, 1.807) is 31.4 Å². The fraction of sp³-hybridized carbons (Fsp3) is 0.545. The maximum Gasteiger partial charge on any atom is 0.433 e. The molecule has 1 aliphatic heterocycles. The standard InChI is InChI=1S/C22H26F3N3O/c1-20(2)10-15-11-21(3,12-20)13-28(15)19-26-17(9-18(27-19)22(23,24)25)14-5-7-16(29-4)8-6-14/h5-9,15H,10-13H2,1-4H3/t15-,21+/m1/s1. The van der Waals surface area contributed by atoms with E-state index >= 15 is 0 Å². The van der Waals surface area contributed by atoms with Gasteiger partial charge in [0.2, 0.25) is 5.95 Å². The highest BCUT2D eigenvalue weighted by molar-refractivity contribution is 5.62. The third-order valence-corrected chi connectivity index (χ3v) is 6.06. The Hall–Kier alpha value is -2.31. The van der Waals surface area contributed by atoms with Crippen LogP contribution in [0.4, 0.5) is 19.1 Å². The van der Waals surface area contributed by atoms with E-state index in [0.29, 0.717) is 17.9 Å². The summed E-state index contributed by atoms with van der Waals surface area (Å²) in [5.74, 6) is 0.819. The molecule has 1 aromatic heterocycles. The second kappa shape index (κ2) is 6.61. The Bertz CT molecular complexity index is 911. The second-order valence-electron chi connectivity index (χ2n) is 9.51. The smallest absolute Gasteiger partial charge is 0.433 e. The molecule has 4 nitrogen and oxygen atoms in total. The highest BCUT2D eigenvalue weighted by atomic mass is 19.4. The van der Waals surface area contributed by atoms with Crippen LogP contribution >= 0.6 is 0 Å². The molecule has 0 radical (unpaired) electrons. The summed E-state index contributed by atoms with van der Waals surface area (Å²) >= 11 is 0. The van der Waals surface area contributed by atoms with E-state index in [9.17, 15) is 13.2 Å². The van der Waals surface area contributed by atoms with Crippen LogP contribution in [-0.4, -0.2) is 29.7 Å². The number of halogens is 3. The largest absolute Gasteiger partial charge is 0.497 e. The highest BCUT2D eigenvalue weighted by Crippen LogP contribution is 2.53. The quantitative estimate of drug-likeness (QED) is 0.669. The average Bonchev–Trinajstić information content (AvgIpc) is 2.89. The fourth-order valence-electron chi connectivity index (χ4n) is 5.31. The summed E-state index contributed by atoms with van der Waals surface area (Å²) in [6.45, 7) is 7.37. The fourth-order valence-corrected chi connectivity index (χ4v) is 5.31. The summed E-state index contributed by atoms with van der Waals surface area (Å²) in [5, 5.41) is 0. The SMILES string of the molecule is COc1ccc(-c2cc(C(F)(F)F)nc(N3C[C@@]4(C)C[C@H]3CC(C)(C)C4)n2)cc1. The number of aromatic nitrogens is 2. The molecule has 1 aliphatic carbocycles. The molecule has 0 N–H and O–H groups in total. The van der Waals surface area contributed by atoms with Gasteiger partial charge in [-0.3, -0.25) is 0 Å². The lowest BCUT2D eigenvalue weighted by molar-refractivity contribution is -0.141. The van der Waals surface area contributed by atoms with Crippen molar-refractivity contribution in [1.29, 1.82) is 0 Å². The number of fused-ring (bicyclic) bond motifs is 2. The Morgan fingerprint density at radius 3 is 2.38 bits per heavy atom. The van der Waals surface area contributed by atoms with Gasteiger partial charge in [-0.2, -0.15) is 13.2 Å². The molecule has 7 heteroatoms. The van der Waals surface area contributed by atoms with Gasteiger partial charge in [-0.25, -0.2) is 9.97 Å². The van der Waals surface area contributed by atoms with Crippen LogP contribution in [0.5, 0.6) is 5.75 Å². The van der Waals surface area contributed by atoms with E-state index in [1.807, 2.05) is 4.90 Å². The van der Waals surface area contributed by atoms with E-state index in [1.165, 1.54) is 0 Å². The van der Waals surface area contributed by atoms with Gasteiger partial charge in [0, 0.05) is 18.2 Å². The monoisotopic (exact) mass is 405 g/mol. The zero-order chi connectivity index (χ0) is 21.0. The van der Waals surface area contributed by atoms with Crippen LogP contribution in [0.2, 0.25) is 0 Å². The normalized spacial score (nSPS) is 25.9. The lowest BCUT2D eigenvalue weighted by Gasteiger charge is -2.39. The van der Waals surface area contributed by atoms with E-state index in [-0.39, 0.29) is 28.5 Å². The van der Waals surface area contributed by atoms with Crippen molar-refractivity contribution >= 4 is 5.95 Å². The van der Waals surface area contributed by atoms with E-state index in [2.05, 4.69) is 30.7 Å². The molecular weight excluding hydrogens is 379 g/mol. The first-order valence-electron chi connectivity index (χ1n) is 9.85. The van der Waals surface area contributed by atoms with Crippen LogP contribution in [-0.2, 0) is 6.18 Å². The first-order valence-corrected chi connectivity index (χ1v) is 9.85. The van der Waals surface area contributed by atoms with Crippen LogP contribution < -0.4 is 9.64 Å². The molecule has 0 amide bonds. The molecular formula is C22H26F3N3O. The summed E-state index contributed by atoms with van der Waals surface area (Å²) in [4.78, 5) is 10.5. The summed E-state index contributed by atoms with van der Waals surface area (Å²) in [5.41, 5.74) is 0.209. The molecule has 2 fully saturated rings. The molecule has 2 bridgehead atoms. The maximum absolute atomic E-state index is 13.6. The van der Waals surface area contributed by atoms with Gasteiger partial charge >= 0.3 is 6.18 Å². The Morgan fingerprint density at radius 2 is 1.76 bits per heavy atom. The number of alkyl halides is 3. The number of ether oxygens (including phenoxy) is 1. The van der Waals surface area contributed by atoms with Gasteiger partial charge < -0.3 is 9.64 Å². The molecule has 2 heterocycles. The van der Waals surface area contributed by atoms with Gasteiger partial charge in [0.25, 0.3) is 0 Å². The van der Waals surface area contributed by atoms with E-state index < -0.39 is 11.9 Å². The highest BCUT2D eigenvalue weighted by Gasteiger charge is 2.50. The number of hydrogen-bond acceptors (Lipinski definition) is 4. The molecule has 1 saturated carbocycles. The van der Waals surface area contributed by atoms with E-state index in [4.69, 9.17) is 4.74 Å². The van der Waals surface area contributed by atoms with Crippen LogP contribution in [0, 0.1) is 10.8 Å². The maximum atomic E-state index is 13.6. The third-order valence-electron chi connectivity index (χ3n) is 6.06. The minimum Gasteiger partial charge on any atom is -0.497 e. The Labute approximate surface area is 169 Å². The van der Waals surface area contributed by atoms with Crippen molar-refractivity contribution in [2.24, 2.45) is 10.8 Å². The molecule has 2 atom stereocenters. The van der Waals surface area contributed by atoms with Crippen LogP contribution in [0.25, 0.3) is 11.3 Å². The zero-order valence-electron chi connectivity index (χ0n) is 17.2. The summed E-state index contributed by atoms with van der Waals surface area (Å²) in [6, 6.07) is 8.07. The number of hydrogen-bond donors (Lipinski definition) is 0. The van der Waals surface area contributed by atoms with Crippen molar-refractivity contribution in [1.82, 2.24) is 9.97 Å². The first kappa shape index (κ1) is 20.0. The lowest BCUT2D eigenvalue weighted by Crippen LogP contribution is -2.35. The molecule has 1 aromatic carbocycles. The number of nitrogens with zero attached hydrogens (tertiary/aromatic N) is 3. The second-order valence-corrected chi connectivity index (χ2v) is 9.51. The van der Waals surface area contributed by atoms with Gasteiger partial charge in [0.1, 0.15) is 5.75 Å². The number of anilines is 1. The zero-order valence-corrected chi connectivity index (χ0v) is 17.2. The van der Waals surface area contributed by atoms with Gasteiger partial charge in [-0.05, 0) is 60.4 Å². The van der Waals surface area contributed by atoms with Gasteiger partial charge in [0.05, 0.1) is 12.8 Å². The van der Waals surface area contributed by atoms with Crippen molar-refractivity contribution in [3.63, 3.8) is 0 Å². The molecule has 29 heavy (non-hydrogen) atoms. The van der Waals surface area contributed by atoms with E-state index in [0.717, 1.165) is 25.3 Å². The number of rotatable bonds is 3. The summed E-state index contributed by atoms with van der Waals surface area (Å²) in [6.07, 6.45) is -1.58. The number of benzene rings is 1. The number of methoxy groups -OCH3 is 1. The van der Waals surface area contributed by atoms with Crippen molar-refractivity contribution in [3.05, 3.63) is 36.0 Å². The van der Waals surface area contributed by atoms with Crippen molar-refractivity contribution in [2.75, 3.05) is 18.6 Å². The molecule has 2 aromatic rings. The van der Waals surface area contributed by atoms with Crippen LogP contribution in [0.3, 0.4) is 0 Å². The Morgan fingerprint density at radius 1 is 1.07 bits per heavy atom. The van der Waals surface area contributed by atoms with Crippen molar-refractivity contribution in [3.8, 4) is 17.0 Å². The van der Waals surface area contributed by atoms with Gasteiger partial charge in [-0.1, -0.05) is 20.8 Å². The van der Waals surface area contributed by atoms with Gasteiger partial charge in [-0.15, -0.1) is 0 Å². The topological polar surface area (TPSA) is 38.2 Å². The molecule has 156 valence electrons. The predicted molar refractivity (Wildman–Crippen MR) is 106 cm³/mol.